The standard InChI is InChI=1S/C22H24BrN3O4/c1-15-12-16(6-7-17(15)23)24-21(27)14-26-13-20(22(28)25-8-10-29-11-9-25)30-19-5-3-2-4-18(19)26/h2-7,12,20H,8-11,13-14H2,1H3,(H,24,27)/t20-/m1/s1. The van der Waals surface area contributed by atoms with Gasteiger partial charge in [0.15, 0.2) is 6.10 Å². The minimum atomic E-state index is -0.652. The van der Waals surface area contributed by atoms with Gasteiger partial charge < -0.3 is 24.6 Å². The summed E-state index contributed by atoms with van der Waals surface area (Å²) in [6.45, 7) is 4.61. The first kappa shape index (κ1) is 20.7. The van der Waals surface area contributed by atoms with E-state index in [1.54, 1.807) is 4.90 Å². The van der Waals surface area contributed by atoms with Crippen molar-refractivity contribution >= 4 is 39.1 Å². The Morgan fingerprint density at radius 3 is 2.70 bits per heavy atom. The summed E-state index contributed by atoms with van der Waals surface area (Å²) in [5, 5.41) is 2.94. The second-order valence-corrected chi connectivity index (χ2v) is 8.26. The van der Waals surface area contributed by atoms with Gasteiger partial charge in [0.05, 0.1) is 32.0 Å². The Balaban J connectivity index is 1.48. The number of aryl methyl sites for hydroxylation is 1. The van der Waals surface area contributed by atoms with E-state index in [1.165, 1.54) is 0 Å². The van der Waals surface area contributed by atoms with E-state index in [4.69, 9.17) is 9.47 Å². The van der Waals surface area contributed by atoms with Gasteiger partial charge in [0, 0.05) is 23.2 Å². The van der Waals surface area contributed by atoms with E-state index in [-0.39, 0.29) is 18.4 Å². The molecule has 158 valence electrons. The smallest absolute Gasteiger partial charge is 0.265 e. The summed E-state index contributed by atoms with van der Waals surface area (Å²) < 4.78 is 12.3. The molecule has 1 saturated heterocycles. The molecule has 2 aliphatic heterocycles. The van der Waals surface area contributed by atoms with Crippen molar-refractivity contribution in [1.82, 2.24) is 4.90 Å². The summed E-state index contributed by atoms with van der Waals surface area (Å²) in [7, 11) is 0. The number of carbonyl (C=O) groups excluding carboxylic acids is 2. The fourth-order valence-electron chi connectivity index (χ4n) is 3.67. The van der Waals surface area contributed by atoms with Gasteiger partial charge in [-0.25, -0.2) is 0 Å². The van der Waals surface area contributed by atoms with Crippen molar-refractivity contribution in [2.75, 3.05) is 49.6 Å². The molecule has 0 aromatic heterocycles. The molecule has 2 aromatic rings. The normalized spacial score (nSPS) is 18.4. The SMILES string of the molecule is Cc1cc(NC(=O)CN2C[C@H](C(=O)N3CCOCC3)Oc3ccccc32)ccc1Br. The molecule has 4 rings (SSSR count). The van der Waals surface area contributed by atoms with E-state index in [1.807, 2.05) is 54.3 Å². The summed E-state index contributed by atoms with van der Waals surface area (Å²) in [6, 6.07) is 13.2. The summed E-state index contributed by atoms with van der Waals surface area (Å²) in [5.41, 5.74) is 2.59. The number of morpholine rings is 1. The summed E-state index contributed by atoms with van der Waals surface area (Å²) in [5.74, 6) is 0.399. The Morgan fingerprint density at radius 1 is 1.17 bits per heavy atom. The van der Waals surface area contributed by atoms with Crippen molar-refractivity contribution in [2.24, 2.45) is 0 Å². The minimum Gasteiger partial charge on any atom is -0.477 e. The van der Waals surface area contributed by atoms with Gasteiger partial charge in [-0.2, -0.15) is 0 Å². The third kappa shape index (κ3) is 4.60. The molecule has 0 bridgehead atoms. The summed E-state index contributed by atoms with van der Waals surface area (Å²) >= 11 is 3.47. The van der Waals surface area contributed by atoms with Crippen LogP contribution in [-0.4, -0.2) is 62.2 Å². The second-order valence-electron chi connectivity index (χ2n) is 7.40. The molecule has 0 radical (unpaired) electrons. The van der Waals surface area contributed by atoms with Gasteiger partial charge in [-0.05, 0) is 42.8 Å². The molecule has 1 N–H and O–H groups in total. The lowest BCUT2D eigenvalue weighted by Gasteiger charge is -2.38. The molecule has 0 spiro atoms. The molecule has 2 aromatic carbocycles. The van der Waals surface area contributed by atoms with E-state index >= 15 is 0 Å². The van der Waals surface area contributed by atoms with Crippen LogP contribution in [0.25, 0.3) is 0 Å². The van der Waals surface area contributed by atoms with Crippen LogP contribution in [0, 0.1) is 6.92 Å². The molecule has 2 amide bonds. The molecular weight excluding hydrogens is 450 g/mol. The molecule has 1 fully saturated rings. The highest BCUT2D eigenvalue weighted by Gasteiger charge is 2.34. The highest BCUT2D eigenvalue weighted by molar-refractivity contribution is 9.10. The number of halogens is 1. The lowest BCUT2D eigenvalue weighted by atomic mass is 10.1. The third-order valence-corrected chi connectivity index (χ3v) is 6.13. The van der Waals surface area contributed by atoms with Crippen LogP contribution >= 0.6 is 15.9 Å². The lowest BCUT2D eigenvalue weighted by Crippen LogP contribution is -2.53. The molecule has 8 heteroatoms. The number of ether oxygens (including phenoxy) is 2. The topological polar surface area (TPSA) is 71.1 Å². The highest BCUT2D eigenvalue weighted by atomic mass is 79.9. The number of fused-ring (bicyclic) bond motifs is 1. The monoisotopic (exact) mass is 473 g/mol. The quantitative estimate of drug-likeness (QED) is 0.738. The Hall–Kier alpha value is -2.58. The average Bonchev–Trinajstić information content (AvgIpc) is 2.76. The van der Waals surface area contributed by atoms with Crippen LogP contribution in [0.4, 0.5) is 11.4 Å². The highest BCUT2D eigenvalue weighted by Crippen LogP contribution is 2.33. The van der Waals surface area contributed by atoms with E-state index in [2.05, 4.69) is 21.2 Å². The van der Waals surface area contributed by atoms with Crippen molar-refractivity contribution in [1.29, 1.82) is 0 Å². The van der Waals surface area contributed by atoms with Gasteiger partial charge in [-0.1, -0.05) is 28.1 Å². The van der Waals surface area contributed by atoms with Crippen molar-refractivity contribution in [3.63, 3.8) is 0 Å². The van der Waals surface area contributed by atoms with Crippen LogP contribution in [0.3, 0.4) is 0 Å². The number of benzene rings is 2. The van der Waals surface area contributed by atoms with Crippen molar-refractivity contribution < 1.29 is 19.1 Å². The van der Waals surface area contributed by atoms with Crippen molar-refractivity contribution in [2.45, 2.75) is 13.0 Å². The van der Waals surface area contributed by atoms with Gasteiger partial charge in [0.25, 0.3) is 5.91 Å². The number of amides is 2. The molecule has 7 nitrogen and oxygen atoms in total. The zero-order chi connectivity index (χ0) is 21.1. The second kappa shape index (κ2) is 9.06. The molecule has 2 heterocycles. The van der Waals surface area contributed by atoms with E-state index in [9.17, 15) is 9.59 Å². The first-order valence-corrected chi connectivity index (χ1v) is 10.7. The molecule has 0 unspecified atom stereocenters. The number of anilines is 2. The fourth-order valence-corrected chi connectivity index (χ4v) is 3.92. The van der Waals surface area contributed by atoms with Crippen molar-refractivity contribution in [3.05, 3.63) is 52.5 Å². The predicted octanol–water partition coefficient (Wildman–Crippen LogP) is 2.82. The Morgan fingerprint density at radius 2 is 1.93 bits per heavy atom. The van der Waals surface area contributed by atoms with Gasteiger partial charge in [0.1, 0.15) is 5.75 Å². The summed E-state index contributed by atoms with van der Waals surface area (Å²) in [4.78, 5) is 29.4. The van der Waals surface area contributed by atoms with Gasteiger partial charge in [0.2, 0.25) is 5.91 Å². The molecule has 2 aliphatic rings. The zero-order valence-corrected chi connectivity index (χ0v) is 18.4. The van der Waals surface area contributed by atoms with E-state index in [0.29, 0.717) is 38.6 Å². The van der Waals surface area contributed by atoms with Crippen LogP contribution in [-0.2, 0) is 14.3 Å². The van der Waals surface area contributed by atoms with Crippen molar-refractivity contribution in [3.8, 4) is 5.75 Å². The zero-order valence-electron chi connectivity index (χ0n) is 16.8. The fraction of sp³-hybridized carbons (Fsp3) is 0.364. The van der Waals surface area contributed by atoms with Crippen LogP contribution in [0.15, 0.2) is 46.9 Å². The maximum atomic E-state index is 13.0. The van der Waals surface area contributed by atoms with Gasteiger partial charge >= 0.3 is 0 Å². The largest absolute Gasteiger partial charge is 0.477 e. The molecule has 30 heavy (non-hydrogen) atoms. The van der Waals surface area contributed by atoms with Gasteiger partial charge in [-0.15, -0.1) is 0 Å². The van der Waals surface area contributed by atoms with Crippen LogP contribution in [0.1, 0.15) is 5.56 Å². The maximum Gasteiger partial charge on any atom is 0.265 e. The van der Waals surface area contributed by atoms with Crippen LogP contribution in [0.2, 0.25) is 0 Å². The molecule has 0 saturated carbocycles. The molecule has 0 aliphatic carbocycles. The molecule has 1 atom stereocenters. The number of para-hydroxylation sites is 2. The van der Waals surface area contributed by atoms with Gasteiger partial charge in [-0.3, -0.25) is 9.59 Å². The predicted molar refractivity (Wildman–Crippen MR) is 118 cm³/mol. The summed E-state index contributed by atoms with van der Waals surface area (Å²) in [6.07, 6.45) is -0.652. The number of rotatable bonds is 4. The van der Waals surface area contributed by atoms with E-state index in [0.717, 1.165) is 21.4 Å². The number of nitrogens with zero attached hydrogens (tertiary/aromatic N) is 2. The molecular formula is C22H24BrN3O4. The maximum absolute atomic E-state index is 13.0. The van der Waals surface area contributed by atoms with Crippen LogP contribution < -0.4 is 15.0 Å². The first-order chi connectivity index (χ1) is 14.5. The Kier molecular flexibility index (Phi) is 6.24. The first-order valence-electron chi connectivity index (χ1n) is 9.94. The Labute approximate surface area is 184 Å². The minimum absolute atomic E-state index is 0.0678. The average molecular weight is 474 g/mol. The number of carbonyl (C=O) groups is 2. The van der Waals surface area contributed by atoms with E-state index < -0.39 is 6.10 Å². The Bertz CT molecular complexity index is 946. The van der Waals surface area contributed by atoms with Crippen LogP contribution in [0.5, 0.6) is 5.75 Å². The number of hydrogen-bond acceptors (Lipinski definition) is 5. The lowest BCUT2D eigenvalue weighted by molar-refractivity contribution is -0.142. The number of nitrogens with one attached hydrogen (secondary N) is 1. The number of hydrogen-bond donors (Lipinski definition) is 1. The third-order valence-electron chi connectivity index (χ3n) is 5.24.